The number of carbonyl (C=O) groups is 1. The first-order valence-corrected chi connectivity index (χ1v) is 12.6. The molecule has 1 N–H and O–H groups in total. The molecule has 0 radical (unpaired) electrons. The fourth-order valence-electron chi connectivity index (χ4n) is 4.35. The van der Waals surface area contributed by atoms with Crippen LogP contribution >= 0.6 is 0 Å². The summed E-state index contributed by atoms with van der Waals surface area (Å²) in [7, 11) is -3.67. The lowest BCUT2D eigenvalue weighted by atomic mass is 10.1. The average Bonchev–Trinajstić information content (AvgIpc) is 3.23. The number of nitrogens with zero attached hydrogens (tertiary/aromatic N) is 2. The van der Waals surface area contributed by atoms with Crippen LogP contribution in [0.5, 0.6) is 0 Å². The molecule has 1 aromatic heterocycles. The zero-order chi connectivity index (χ0) is 21.8. The van der Waals surface area contributed by atoms with Crippen molar-refractivity contribution in [2.45, 2.75) is 56.9 Å². The fourth-order valence-corrected chi connectivity index (χ4v) is 6.11. The van der Waals surface area contributed by atoms with Gasteiger partial charge in [0.15, 0.2) is 0 Å². The Bertz CT molecular complexity index is 1020. The number of anilines is 1. The Morgan fingerprint density at radius 1 is 0.968 bits per heavy atom. The van der Waals surface area contributed by atoms with Gasteiger partial charge in [0.2, 0.25) is 10.0 Å². The predicted octanol–water partition coefficient (Wildman–Crippen LogP) is 3.68. The maximum absolute atomic E-state index is 13.6. The Kier molecular flexibility index (Phi) is 6.67. The van der Waals surface area contributed by atoms with Crippen LogP contribution in [0, 0.1) is 6.92 Å². The Labute approximate surface area is 184 Å². The van der Waals surface area contributed by atoms with E-state index in [0.717, 1.165) is 57.4 Å². The lowest BCUT2D eigenvalue weighted by molar-refractivity contribution is 0.0947. The zero-order valence-corrected chi connectivity index (χ0v) is 18.9. The lowest BCUT2D eigenvalue weighted by Gasteiger charge is -2.33. The summed E-state index contributed by atoms with van der Waals surface area (Å²) >= 11 is 0. The number of nitrogens with one attached hydrogen (secondary N) is 1. The van der Waals surface area contributed by atoms with Gasteiger partial charge in [-0.15, -0.1) is 0 Å². The van der Waals surface area contributed by atoms with Crippen LogP contribution in [0.2, 0.25) is 0 Å². The molecular formula is C23H31N3O4S. The number of rotatable bonds is 6. The number of amides is 1. The maximum Gasteiger partial charge on any atom is 0.251 e. The smallest absolute Gasteiger partial charge is 0.251 e. The van der Waals surface area contributed by atoms with Gasteiger partial charge in [-0.3, -0.25) is 4.79 Å². The molecular weight excluding hydrogens is 414 g/mol. The first-order chi connectivity index (χ1) is 14.9. The van der Waals surface area contributed by atoms with Crippen LogP contribution in [0.4, 0.5) is 5.69 Å². The SMILES string of the molecule is Cc1ccc(CNC(=O)c2ccc(N3CCCCC3)c(S(=O)(=O)N3CCCCC3)c2)o1. The van der Waals surface area contributed by atoms with Gasteiger partial charge in [0.1, 0.15) is 16.4 Å². The quantitative estimate of drug-likeness (QED) is 0.733. The second kappa shape index (κ2) is 9.44. The van der Waals surface area contributed by atoms with Crippen molar-refractivity contribution < 1.29 is 17.6 Å². The largest absolute Gasteiger partial charge is 0.465 e. The number of aryl methyl sites for hydroxylation is 1. The molecule has 1 amide bonds. The summed E-state index contributed by atoms with van der Waals surface area (Å²) in [6.45, 7) is 4.86. The minimum Gasteiger partial charge on any atom is -0.465 e. The molecule has 0 bridgehead atoms. The van der Waals surface area contributed by atoms with E-state index in [1.807, 2.05) is 19.1 Å². The van der Waals surface area contributed by atoms with Gasteiger partial charge in [0, 0.05) is 31.7 Å². The first-order valence-electron chi connectivity index (χ1n) is 11.2. The molecule has 2 aliphatic heterocycles. The second-order valence-corrected chi connectivity index (χ2v) is 10.3. The molecule has 2 saturated heterocycles. The predicted molar refractivity (Wildman–Crippen MR) is 120 cm³/mol. The van der Waals surface area contributed by atoms with Crippen LogP contribution in [0.3, 0.4) is 0 Å². The molecule has 0 aliphatic carbocycles. The van der Waals surface area contributed by atoms with Crippen molar-refractivity contribution in [2.24, 2.45) is 0 Å². The monoisotopic (exact) mass is 445 g/mol. The molecule has 168 valence electrons. The third-order valence-electron chi connectivity index (χ3n) is 6.07. The summed E-state index contributed by atoms with van der Waals surface area (Å²) in [5.41, 5.74) is 1.06. The number of benzene rings is 1. The van der Waals surface area contributed by atoms with Crippen LogP contribution in [0.25, 0.3) is 0 Å². The highest BCUT2D eigenvalue weighted by molar-refractivity contribution is 7.89. The number of hydrogen-bond acceptors (Lipinski definition) is 5. The van der Waals surface area contributed by atoms with Crippen LogP contribution < -0.4 is 10.2 Å². The summed E-state index contributed by atoms with van der Waals surface area (Å²) in [5, 5.41) is 2.83. The molecule has 1 aromatic carbocycles. The summed E-state index contributed by atoms with van der Waals surface area (Å²) in [5.74, 6) is 1.14. The van der Waals surface area contributed by atoms with Crippen molar-refractivity contribution in [3.8, 4) is 0 Å². The van der Waals surface area contributed by atoms with Gasteiger partial charge in [0.05, 0.1) is 12.2 Å². The first kappa shape index (κ1) is 21.9. The highest BCUT2D eigenvalue weighted by Crippen LogP contribution is 2.32. The number of furan rings is 1. The van der Waals surface area contributed by atoms with Gasteiger partial charge in [-0.05, 0) is 69.4 Å². The molecule has 4 rings (SSSR count). The summed E-state index contributed by atoms with van der Waals surface area (Å²) < 4.78 is 34.2. The molecule has 0 unspecified atom stereocenters. The summed E-state index contributed by atoms with van der Waals surface area (Å²) in [6, 6.07) is 8.74. The number of piperidine rings is 2. The van der Waals surface area contributed by atoms with Gasteiger partial charge in [0.25, 0.3) is 5.91 Å². The normalized spacial score (nSPS) is 18.2. The Morgan fingerprint density at radius 3 is 2.29 bits per heavy atom. The van der Waals surface area contributed by atoms with Gasteiger partial charge < -0.3 is 14.6 Å². The van der Waals surface area contributed by atoms with Crippen LogP contribution in [-0.2, 0) is 16.6 Å². The lowest BCUT2D eigenvalue weighted by Crippen LogP contribution is -2.38. The molecule has 3 heterocycles. The molecule has 0 atom stereocenters. The molecule has 2 aliphatic rings. The third kappa shape index (κ3) is 4.96. The van der Waals surface area contributed by atoms with Crippen molar-refractivity contribution in [2.75, 3.05) is 31.1 Å². The van der Waals surface area contributed by atoms with Crippen molar-refractivity contribution in [1.82, 2.24) is 9.62 Å². The fraction of sp³-hybridized carbons (Fsp3) is 0.522. The number of hydrogen-bond donors (Lipinski definition) is 1. The highest BCUT2D eigenvalue weighted by Gasteiger charge is 2.31. The number of carbonyl (C=O) groups excluding carboxylic acids is 1. The van der Waals surface area contributed by atoms with Crippen molar-refractivity contribution in [3.63, 3.8) is 0 Å². The van der Waals surface area contributed by atoms with Crippen molar-refractivity contribution in [3.05, 3.63) is 47.4 Å². The molecule has 8 heteroatoms. The molecule has 7 nitrogen and oxygen atoms in total. The molecule has 0 spiro atoms. The van der Waals surface area contributed by atoms with E-state index in [9.17, 15) is 13.2 Å². The van der Waals surface area contributed by atoms with E-state index in [1.54, 1.807) is 22.5 Å². The van der Waals surface area contributed by atoms with E-state index < -0.39 is 10.0 Å². The Hall–Kier alpha value is -2.32. The molecule has 31 heavy (non-hydrogen) atoms. The van der Waals surface area contributed by atoms with E-state index in [0.29, 0.717) is 30.1 Å². The highest BCUT2D eigenvalue weighted by atomic mass is 32.2. The molecule has 0 saturated carbocycles. The zero-order valence-electron chi connectivity index (χ0n) is 18.1. The van der Waals surface area contributed by atoms with Gasteiger partial charge in [-0.25, -0.2) is 8.42 Å². The van der Waals surface area contributed by atoms with Crippen LogP contribution in [-0.4, -0.2) is 44.8 Å². The maximum atomic E-state index is 13.6. The summed E-state index contributed by atoms with van der Waals surface area (Å²) in [6.07, 6.45) is 6.07. The van der Waals surface area contributed by atoms with Crippen LogP contribution in [0.1, 0.15) is 60.4 Å². The Morgan fingerprint density at radius 2 is 1.65 bits per heavy atom. The third-order valence-corrected chi connectivity index (χ3v) is 8.00. The van der Waals surface area contributed by atoms with Gasteiger partial charge in [-0.1, -0.05) is 6.42 Å². The van der Waals surface area contributed by atoms with Crippen molar-refractivity contribution >= 4 is 21.6 Å². The summed E-state index contributed by atoms with van der Waals surface area (Å²) in [4.78, 5) is 15.2. The van der Waals surface area contributed by atoms with E-state index in [2.05, 4.69) is 10.2 Å². The molecule has 2 aromatic rings. The van der Waals surface area contributed by atoms with Gasteiger partial charge >= 0.3 is 0 Å². The van der Waals surface area contributed by atoms with E-state index in [1.165, 1.54) is 0 Å². The second-order valence-electron chi connectivity index (χ2n) is 8.39. The minimum absolute atomic E-state index is 0.248. The average molecular weight is 446 g/mol. The standard InChI is InChI=1S/C23H31N3O4S/c1-18-8-10-20(30-18)17-24-23(27)19-9-11-21(25-12-4-2-5-13-25)22(16-19)31(28,29)26-14-6-3-7-15-26/h8-11,16H,2-7,12-15,17H2,1H3,(H,24,27). The topological polar surface area (TPSA) is 82.9 Å². The molecule has 2 fully saturated rings. The van der Waals surface area contributed by atoms with E-state index >= 15 is 0 Å². The van der Waals surface area contributed by atoms with Crippen LogP contribution in [0.15, 0.2) is 39.6 Å². The number of sulfonamides is 1. The van der Waals surface area contributed by atoms with Gasteiger partial charge in [-0.2, -0.15) is 4.31 Å². The van der Waals surface area contributed by atoms with E-state index in [-0.39, 0.29) is 17.3 Å². The minimum atomic E-state index is -3.67. The Balaban J connectivity index is 1.63. The van der Waals surface area contributed by atoms with E-state index in [4.69, 9.17) is 4.42 Å². The van der Waals surface area contributed by atoms with Crippen molar-refractivity contribution in [1.29, 1.82) is 0 Å².